The van der Waals surface area contributed by atoms with Gasteiger partial charge < -0.3 is 20.1 Å². The van der Waals surface area contributed by atoms with E-state index in [2.05, 4.69) is 0 Å². The molecule has 204 valence electrons. The predicted octanol–water partition coefficient (Wildman–Crippen LogP) is 4.77. The van der Waals surface area contributed by atoms with Crippen molar-refractivity contribution in [2.45, 2.75) is 46.0 Å². The van der Waals surface area contributed by atoms with Crippen LogP contribution in [-0.4, -0.2) is 38.4 Å². The summed E-state index contributed by atoms with van der Waals surface area (Å²) in [6.07, 6.45) is 0.629. The fourth-order valence-electron chi connectivity index (χ4n) is 6.24. The van der Waals surface area contributed by atoms with Gasteiger partial charge in [-0.25, -0.2) is 4.79 Å². The maximum absolute atomic E-state index is 14.4. The number of Topliss-reactive ketones (excluding diaryl/α,β-unsaturated/α-hetero) is 1. The Morgan fingerprint density at radius 3 is 2.49 bits per heavy atom. The number of nitrogens with two attached hydrogens (primary N) is 1. The summed E-state index contributed by atoms with van der Waals surface area (Å²) in [4.78, 5) is 45.7. The molecule has 2 aromatic rings. The molecule has 1 atom stereocenters. The minimum Gasteiger partial charge on any atom is -0.495 e. The number of para-hydroxylation sites is 1. The van der Waals surface area contributed by atoms with Gasteiger partial charge in [0.15, 0.2) is 5.78 Å². The first-order chi connectivity index (χ1) is 18.4. The van der Waals surface area contributed by atoms with E-state index in [9.17, 15) is 14.4 Å². The zero-order chi connectivity index (χ0) is 28.4. The zero-order valence-electron chi connectivity index (χ0n) is 23.0. The molecule has 0 bridgehead atoms. The van der Waals surface area contributed by atoms with Gasteiger partial charge in [-0.2, -0.15) is 0 Å². The van der Waals surface area contributed by atoms with E-state index in [1.807, 2.05) is 32.9 Å². The van der Waals surface area contributed by atoms with Crippen LogP contribution in [0.2, 0.25) is 5.02 Å². The van der Waals surface area contributed by atoms with E-state index in [0.717, 1.165) is 5.56 Å². The van der Waals surface area contributed by atoms with Crippen LogP contribution in [0.15, 0.2) is 59.1 Å². The number of carbonyl (C=O) groups is 3. The van der Waals surface area contributed by atoms with E-state index in [4.69, 9.17) is 26.8 Å². The summed E-state index contributed by atoms with van der Waals surface area (Å²) in [6.45, 7) is 7.60. The van der Waals surface area contributed by atoms with Crippen molar-refractivity contribution >= 4 is 40.6 Å². The number of amides is 1. The third kappa shape index (κ3) is 3.68. The predicted molar refractivity (Wildman–Crippen MR) is 150 cm³/mol. The Hall–Kier alpha value is -3.78. The molecule has 0 fully saturated rings. The monoisotopic (exact) mass is 549 g/mol. The first-order valence-corrected chi connectivity index (χ1v) is 13.2. The molecule has 0 aromatic heterocycles. The number of benzene rings is 2. The lowest BCUT2D eigenvalue weighted by Crippen LogP contribution is -2.55. The Balaban J connectivity index is 1.96. The standard InChI is InChI=1S/C30H32ClN3O5/c1-7-39-27(36)25-26(32)34(20-12-16(2)18(31)13-23(20)38-6)21-14-29(3,4)15-22(35)24(21)30(25)17-10-8-9-11-19(17)33(5)28(30)37/h8-13H,7,14-15,32H2,1-6H3. The number of ether oxygens (including phenoxy) is 2. The third-order valence-corrected chi connectivity index (χ3v) is 8.25. The number of halogens is 1. The quantitative estimate of drug-likeness (QED) is 0.548. The minimum atomic E-state index is -1.74. The SMILES string of the molecule is CCOC(=O)C1=C(N)N(c2cc(C)c(Cl)cc2OC)C2=C(C(=O)CC(C)(C)C2)C12C(=O)N(C)c1ccccc12. The highest BCUT2D eigenvalue weighted by Crippen LogP contribution is 2.59. The van der Waals surface area contributed by atoms with Crippen molar-refractivity contribution in [1.82, 2.24) is 0 Å². The molecular weight excluding hydrogens is 518 g/mol. The van der Waals surface area contributed by atoms with Gasteiger partial charge in [0.05, 0.1) is 19.4 Å². The number of hydrogen-bond acceptors (Lipinski definition) is 7. The number of anilines is 2. The Bertz CT molecular complexity index is 1510. The van der Waals surface area contributed by atoms with Gasteiger partial charge in [0.1, 0.15) is 22.6 Å². The lowest BCUT2D eigenvalue weighted by molar-refractivity contribution is -0.140. The molecule has 0 saturated heterocycles. The van der Waals surface area contributed by atoms with Gasteiger partial charge in [-0.05, 0) is 43.4 Å². The van der Waals surface area contributed by atoms with E-state index in [1.54, 1.807) is 43.1 Å². The smallest absolute Gasteiger partial charge is 0.339 e. The number of esters is 1. The Morgan fingerprint density at radius 2 is 1.82 bits per heavy atom. The number of methoxy groups -OCH3 is 1. The summed E-state index contributed by atoms with van der Waals surface area (Å²) >= 11 is 6.42. The highest BCUT2D eigenvalue weighted by Gasteiger charge is 2.64. The van der Waals surface area contributed by atoms with Crippen LogP contribution in [0, 0.1) is 12.3 Å². The topological polar surface area (TPSA) is 102 Å². The first kappa shape index (κ1) is 26.8. The zero-order valence-corrected chi connectivity index (χ0v) is 23.7. The van der Waals surface area contributed by atoms with Crippen molar-refractivity contribution < 1.29 is 23.9 Å². The largest absolute Gasteiger partial charge is 0.495 e. The number of carbonyl (C=O) groups excluding carboxylic acids is 3. The summed E-state index contributed by atoms with van der Waals surface area (Å²) < 4.78 is 11.2. The molecular formula is C30H32ClN3O5. The first-order valence-electron chi connectivity index (χ1n) is 12.9. The molecule has 9 heteroatoms. The highest BCUT2D eigenvalue weighted by atomic mass is 35.5. The number of fused-ring (bicyclic) bond motifs is 3. The average molecular weight is 550 g/mol. The van der Waals surface area contributed by atoms with Gasteiger partial charge >= 0.3 is 5.97 Å². The Morgan fingerprint density at radius 1 is 1.13 bits per heavy atom. The van der Waals surface area contributed by atoms with Gasteiger partial charge in [-0.3, -0.25) is 14.5 Å². The van der Waals surface area contributed by atoms with Crippen LogP contribution in [-0.2, 0) is 24.5 Å². The number of aryl methyl sites for hydroxylation is 1. The normalized spacial score (nSPS) is 21.9. The van der Waals surface area contributed by atoms with E-state index in [-0.39, 0.29) is 35.8 Å². The van der Waals surface area contributed by atoms with E-state index in [0.29, 0.717) is 39.8 Å². The molecule has 2 aromatic carbocycles. The maximum atomic E-state index is 14.4. The molecule has 8 nitrogen and oxygen atoms in total. The van der Waals surface area contributed by atoms with Crippen LogP contribution in [0.3, 0.4) is 0 Å². The van der Waals surface area contributed by atoms with Gasteiger partial charge in [0, 0.05) is 47.1 Å². The summed E-state index contributed by atoms with van der Waals surface area (Å²) in [5, 5.41) is 0.494. The molecule has 1 aliphatic carbocycles. The van der Waals surface area contributed by atoms with Crippen LogP contribution < -0.4 is 20.3 Å². The molecule has 2 aliphatic heterocycles. The Labute approximate surface area is 233 Å². The maximum Gasteiger partial charge on any atom is 0.339 e. The van der Waals surface area contributed by atoms with Gasteiger partial charge in [0.2, 0.25) is 5.91 Å². The fourth-order valence-corrected chi connectivity index (χ4v) is 6.40. The molecule has 1 spiro atoms. The third-order valence-electron chi connectivity index (χ3n) is 7.84. The van der Waals surface area contributed by atoms with Crippen molar-refractivity contribution in [3.05, 3.63) is 75.2 Å². The Kier molecular flexibility index (Phi) is 6.30. The number of likely N-dealkylation sites (N-methyl/N-ethyl adjacent to an activating group) is 1. The second-order valence-corrected chi connectivity index (χ2v) is 11.4. The van der Waals surface area contributed by atoms with Crippen molar-refractivity contribution in [3.8, 4) is 5.75 Å². The molecule has 2 N–H and O–H groups in total. The number of nitrogens with zero attached hydrogens (tertiary/aromatic N) is 2. The average Bonchev–Trinajstić information content (AvgIpc) is 3.08. The highest BCUT2D eigenvalue weighted by molar-refractivity contribution is 6.31. The van der Waals surface area contributed by atoms with Crippen LogP contribution in [0.5, 0.6) is 5.75 Å². The van der Waals surface area contributed by atoms with Crippen LogP contribution in [0.4, 0.5) is 11.4 Å². The van der Waals surface area contributed by atoms with Crippen LogP contribution in [0.1, 0.15) is 44.7 Å². The van der Waals surface area contributed by atoms with Gasteiger partial charge in [-0.1, -0.05) is 43.6 Å². The van der Waals surface area contributed by atoms with Crippen LogP contribution >= 0.6 is 11.6 Å². The molecule has 39 heavy (non-hydrogen) atoms. The molecule has 5 rings (SSSR count). The molecule has 1 unspecified atom stereocenters. The number of hydrogen-bond donors (Lipinski definition) is 1. The lowest BCUT2D eigenvalue weighted by atomic mass is 9.60. The molecule has 1 amide bonds. The number of rotatable bonds is 4. The molecule has 3 aliphatic rings. The minimum absolute atomic E-state index is 0.0103. The molecule has 0 saturated carbocycles. The summed E-state index contributed by atoms with van der Waals surface area (Å²) in [5.41, 5.74) is 7.91. The van der Waals surface area contributed by atoms with E-state index >= 15 is 0 Å². The van der Waals surface area contributed by atoms with Crippen LogP contribution in [0.25, 0.3) is 0 Å². The summed E-state index contributed by atoms with van der Waals surface area (Å²) in [5.74, 6) is -0.980. The van der Waals surface area contributed by atoms with Crippen molar-refractivity contribution in [2.75, 3.05) is 30.6 Å². The second kappa shape index (κ2) is 9.16. The fraction of sp³-hybridized carbons (Fsp3) is 0.367. The van der Waals surface area contributed by atoms with E-state index < -0.39 is 22.7 Å². The number of ketones is 1. The van der Waals surface area contributed by atoms with E-state index in [1.165, 1.54) is 12.0 Å². The van der Waals surface area contributed by atoms with Crippen molar-refractivity contribution in [3.63, 3.8) is 0 Å². The van der Waals surface area contributed by atoms with Crippen molar-refractivity contribution in [1.29, 1.82) is 0 Å². The second-order valence-electron chi connectivity index (χ2n) is 11.0. The molecule has 0 radical (unpaired) electrons. The van der Waals surface area contributed by atoms with Crippen molar-refractivity contribution in [2.24, 2.45) is 11.1 Å². The van der Waals surface area contributed by atoms with Gasteiger partial charge in [-0.15, -0.1) is 0 Å². The summed E-state index contributed by atoms with van der Waals surface area (Å²) in [6, 6.07) is 10.7. The lowest BCUT2D eigenvalue weighted by Gasteiger charge is -2.47. The molecule has 2 heterocycles. The number of allylic oxidation sites excluding steroid dienone is 1. The van der Waals surface area contributed by atoms with Gasteiger partial charge in [0.25, 0.3) is 0 Å². The summed E-state index contributed by atoms with van der Waals surface area (Å²) in [7, 11) is 3.16.